The summed E-state index contributed by atoms with van der Waals surface area (Å²) in [4.78, 5) is 11.7. The van der Waals surface area contributed by atoms with Crippen molar-refractivity contribution in [2.75, 3.05) is 7.11 Å². The first-order valence-electron chi connectivity index (χ1n) is 12.3. The molecule has 0 saturated heterocycles. The number of carbonyl (C=O) groups excluding carboxylic acids is 1. The average Bonchev–Trinajstić information content (AvgIpc) is 3.06. The molecule has 9 unspecified atom stereocenters. The zero-order valence-corrected chi connectivity index (χ0v) is 19.3. The number of aliphatic hydroxyl groups excluding tert-OH is 2. The van der Waals surface area contributed by atoms with Gasteiger partial charge in [-0.1, -0.05) is 20.8 Å². The molecule has 0 radical (unpaired) electrons. The fraction of sp³-hybridized carbons (Fsp3) is 0.960. The molecule has 0 bridgehead atoms. The molecule has 0 heterocycles. The minimum absolute atomic E-state index is 0.150. The molecule has 4 rings (SSSR count). The zero-order chi connectivity index (χ0) is 21.8. The van der Waals surface area contributed by atoms with Gasteiger partial charge in [0.15, 0.2) is 0 Å². The highest BCUT2D eigenvalue weighted by molar-refractivity contribution is 5.69. The van der Waals surface area contributed by atoms with Gasteiger partial charge >= 0.3 is 5.97 Å². The molecule has 0 aromatic heterocycles. The smallest absolute Gasteiger partial charge is 0.305 e. The summed E-state index contributed by atoms with van der Waals surface area (Å²) < 4.78 is 4.84. The third-order valence-corrected chi connectivity index (χ3v) is 10.6. The Bertz CT molecular complexity index is 655. The summed E-state index contributed by atoms with van der Waals surface area (Å²) in [6, 6.07) is 0.261. The van der Waals surface area contributed by atoms with Crippen LogP contribution < -0.4 is 5.73 Å². The maximum absolute atomic E-state index is 11.7. The number of hydrogen-bond acceptors (Lipinski definition) is 5. The van der Waals surface area contributed by atoms with Gasteiger partial charge in [0.2, 0.25) is 0 Å². The maximum Gasteiger partial charge on any atom is 0.305 e. The Balaban J connectivity index is 1.58. The van der Waals surface area contributed by atoms with Crippen LogP contribution in [0, 0.1) is 46.3 Å². The van der Waals surface area contributed by atoms with Gasteiger partial charge in [0.25, 0.3) is 0 Å². The topological polar surface area (TPSA) is 92.8 Å². The molecule has 4 aliphatic carbocycles. The number of methoxy groups -OCH3 is 1. The van der Waals surface area contributed by atoms with Crippen LogP contribution in [0.2, 0.25) is 0 Å². The van der Waals surface area contributed by atoms with Crippen molar-refractivity contribution < 1.29 is 19.7 Å². The van der Waals surface area contributed by atoms with Crippen LogP contribution in [0.25, 0.3) is 0 Å². The number of rotatable bonds is 4. The number of hydrogen-bond donors (Lipinski definition) is 3. The lowest BCUT2D eigenvalue weighted by Crippen LogP contribution is -2.62. The van der Waals surface area contributed by atoms with E-state index in [1.54, 1.807) is 0 Å². The van der Waals surface area contributed by atoms with E-state index in [0.29, 0.717) is 36.0 Å². The highest BCUT2D eigenvalue weighted by Gasteiger charge is 2.65. The molecule has 4 N–H and O–H groups in total. The Kier molecular flexibility index (Phi) is 6.04. The minimum atomic E-state index is -0.338. The van der Waals surface area contributed by atoms with Gasteiger partial charge in [-0.2, -0.15) is 0 Å². The highest BCUT2D eigenvalue weighted by Crippen LogP contribution is 2.68. The number of aliphatic hydroxyl groups is 2. The van der Waals surface area contributed by atoms with Gasteiger partial charge < -0.3 is 20.7 Å². The third kappa shape index (κ3) is 3.34. The van der Waals surface area contributed by atoms with Crippen molar-refractivity contribution in [1.29, 1.82) is 0 Å². The van der Waals surface area contributed by atoms with E-state index < -0.39 is 0 Å². The fourth-order valence-electron chi connectivity index (χ4n) is 8.84. The van der Waals surface area contributed by atoms with Gasteiger partial charge in [-0.3, -0.25) is 4.79 Å². The van der Waals surface area contributed by atoms with E-state index in [9.17, 15) is 15.0 Å². The molecule has 30 heavy (non-hydrogen) atoms. The van der Waals surface area contributed by atoms with Crippen LogP contribution in [-0.4, -0.2) is 41.5 Å². The van der Waals surface area contributed by atoms with E-state index >= 15 is 0 Å². The maximum atomic E-state index is 11.7. The number of fused-ring (bicyclic) bond motifs is 5. The zero-order valence-electron chi connectivity index (χ0n) is 19.3. The standard InChI is InChI=1S/C25H43NO4/c1-14(5-8-22(29)30-4)17-6-7-18-23-19(13-21(28)25(17,18)3)24(2)10-9-16(26)11-15(24)12-20(23)27/h14-21,23,27-28H,5-13,26H2,1-4H3/t14?,15?,16?,17?,18?,19?,20?,21?,23?,24-,25+/m0/s1. The van der Waals surface area contributed by atoms with Crippen LogP contribution in [0.4, 0.5) is 0 Å². The van der Waals surface area contributed by atoms with E-state index in [2.05, 4.69) is 20.8 Å². The van der Waals surface area contributed by atoms with Gasteiger partial charge in [0.05, 0.1) is 19.3 Å². The van der Waals surface area contributed by atoms with Crippen molar-refractivity contribution in [2.45, 2.75) is 96.8 Å². The van der Waals surface area contributed by atoms with Crippen molar-refractivity contribution in [2.24, 2.45) is 52.1 Å². The van der Waals surface area contributed by atoms with Crippen molar-refractivity contribution in [3.63, 3.8) is 0 Å². The molecule has 5 nitrogen and oxygen atoms in total. The second-order valence-electron chi connectivity index (χ2n) is 11.7. The Morgan fingerprint density at radius 3 is 2.57 bits per heavy atom. The van der Waals surface area contributed by atoms with Crippen LogP contribution in [0.1, 0.15) is 78.6 Å². The van der Waals surface area contributed by atoms with Crippen molar-refractivity contribution in [1.82, 2.24) is 0 Å². The highest BCUT2D eigenvalue weighted by atomic mass is 16.5. The molecule has 0 aliphatic heterocycles. The van der Waals surface area contributed by atoms with E-state index in [1.807, 2.05) is 0 Å². The Labute approximate surface area is 182 Å². The quantitative estimate of drug-likeness (QED) is 0.604. The molecule has 0 aromatic rings. The van der Waals surface area contributed by atoms with Crippen molar-refractivity contribution in [3.05, 3.63) is 0 Å². The summed E-state index contributed by atoms with van der Waals surface area (Å²) in [6.07, 6.45) is 7.69. The number of carbonyl (C=O) groups is 1. The average molecular weight is 422 g/mol. The van der Waals surface area contributed by atoms with Crippen LogP contribution in [-0.2, 0) is 9.53 Å². The molecule has 172 valence electrons. The summed E-state index contributed by atoms with van der Waals surface area (Å²) >= 11 is 0. The van der Waals surface area contributed by atoms with Gasteiger partial charge in [-0.15, -0.1) is 0 Å². The van der Waals surface area contributed by atoms with E-state index in [0.717, 1.165) is 51.4 Å². The monoisotopic (exact) mass is 421 g/mol. The number of nitrogens with two attached hydrogens (primary N) is 1. The van der Waals surface area contributed by atoms with E-state index in [-0.39, 0.29) is 41.0 Å². The van der Waals surface area contributed by atoms with Gasteiger partial charge in [-0.05, 0) is 97.7 Å². The molecule has 4 saturated carbocycles. The second-order valence-corrected chi connectivity index (χ2v) is 11.7. The third-order valence-electron chi connectivity index (χ3n) is 10.6. The molecular weight excluding hydrogens is 378 g/mol. The van der Waals surface area contributed by atoms with Crippen LogP contribution >= 0.6 is 0 Å². The van der Waals surface area contributed by atoms with Crippen LogP contribution in [0.15, 0.2) is 0 Å². The second kappa shape index (κ2) is 8.04. The van der Waals surface area contributed by atoms with E-state index in [1.165, 1.54) is 7.11 Å². The lowest BCUT2D eigenvalue weighted by atomic mass is 9.43. The summed E-state index contributed by atoms with van der Waals surface area (Å²) in [5.74, 6) is 2.11. The molecule has 4 fully saturated rings. The molecular formula is C25H43NO4. The Hall–Kier alpha value is -0.650. The first-order chi connectivity index (χ1) is 14.1. The predicted molar refractivity (Wildman–Crippen MR) is 116 cm³/mol. The van der Waals surface area contributed by atoms with Gasteiger partial charge in [0.1, 0.15) is 0 Å². The molecule has 11 atom stereocenters. The van der Waals surface area contributed by atoms with E-state index in [4.69, 9.17) is 10.5 Å². The minimum Gasteiger partial charge on any atom is -0.469 e. The number of esters is 1. The van der Waals surface area contributed by atoms with Crippen molar-refractivity contribution in [3.8, 4) is 0 Å². The normalized spacial score (nSPS) is 51.4. The molecule has 0 amide bonds. The van der Waals surface area contributed by atoms with Crippen molar-refractivity contribution >= 4 is 5.97 Å². The summed E-state index contributed by atoms with van der Waals surface area (Å²) in [5.41, 5.74) is 6.31. The Morgan fingerprint density at radius 2 is 1.87 bits per heavy atom. The first kappa shape index (κ1) is 22.5. The fourth-order valence-corrected chi connectivity index (χ4v) is 8.84. The molecule has 4 aliphatic rings. The summed E-state index contributed by atoms with van der Waals surface area (Å²) in [5, 5.41) is 22.9. The van der Waals surface area contributed by atoms with Gasteiger partial charge in [-0.25, -0.2) is 0 Å². The largest absolute Gasteiger partial charge is 0.469 e. The van der Waals surface area contributed by atoms with Gasteiger partial charge in [0, 0.05) is 12.5 Å². The first-order valence-corrected chi connectivity index (χ1v) is 12.3. The van der Waals surface area contributed by atoms with Crippen LogP contribution in [0.5, 0.6) is 0 Å². The lowest BCUT2D eigenvalue weighted by Gasteiger charge is -2.63. The molecule has 0 spiro atoms. The Morgan fingerprint density at radius 1 is 1.13 bits per heavy atom. The van der Waals surface area contributed by atoms with Crippen LogP contribution in [0.3, 0.4) is 0 Å². The lowest BCUT2D eigenvalue weighted by molar-refractivity contribution is -0.202. The summed E-state index contributed by atoms with van der Waals surface area (Å²) in [7, 11) is 1.45. The SMILES string of the molecule is COC(=O)CCC(C)C1CCC2C3C(O)CC4CC(N)CC[C@]4(C)C3CC(O)[C@]12C. The predicted octanol–water partition coefficient (Wildman–Crippen LogP) is 3.50. The molecule has 5 heteroatoms. The number of ether oxygens (including phenoxy) is 1. The molecule has 0 aromatic carbocycles. The summed E-state index contributed by atoms with van der Waals surface area (Å²) in [6.45, 7) is 6.94.